The smallest absolute Gasteiger partial charge is 0.255 e. The standard InChI is InChI=1S/C18H19ClN2O2/c1-13-2-4-14(5-3-13)18(22)20-16-7-6-15(19)12-17(16)21-8-10-23-11-9-21/h2-7,12H,8-11H2,1H3,(H,20,22). The zero-order valence-corrected chi connectivity index (χ0v) is 13.8. The van der Waals surface area contributed by atoms with Crippen molar-refractivity contribution in [1.82, 2.24) is 0 Å². The van der Waals surface area contributed by atoms with Crippen molar-refractivity contribution in [1.29, 1.82) is 0 Å². The fourth-order valence-electron chi connectivity index (χ4n) is 2.58. The molecule has 1 aliphatic heterocycles. The molecule has 120 valence electrons. The number of halogens is 1. The van der Waals surface area contributed by atoms with E-state index in [1.54, 1.807) is 6.07 Å². The van der Waals surface area contributed by atoms with E-state index in [9.17, 15) is 4.79 Å². The number of aryl methyl sites for hydroxylation is 1. The van der Waals surface area contributed by atoms with Gasteiger partial charge in [0.2, 0.25) is 0 Å². The molecular formula is C18H19ClN2O2. The van der Waals surface area contributed by atoms with Crippen LogP contribution < -0.4 is 10.2 Å². The highest BCUT2D eigenvalue weighted by Gasteiger charge is 2.17. The maximum atomic E-state index is 12.5. The SMILES string of the molecule is Cc1ccc(C(=O)Nc2ccc(Cl)cc2N2CCOCC2)cc1. The Morgan fingerprint density at radius 2 is 1.83 bits per heavy atom. The van der Waals surface area contributed by atoms with E-state index in [0.29, 0.717) is 23.8 Å². The fourth-order valence-corrected chi connectivity index (χ4v) is 2.74. The number of nitrogens with zero attached hydrogens (tertiary/aromatic N) is 1. The van der Waals surface area contributed by atoms with Crippen LogP contribution in [0, 0.1) is 6.92 Å². The van der Waals surface area contributed by atoms with Crippen LogP contribution in [0.5, 0.6) is 0 Å². The Morgan fingerprint density at radius 1 is 1.13 bits per heavy atom. The third-order valence-electron chi connectivity index (χ3n) is 3.87. The summed E-state index contributed by atoms with van der Waals surface area (Å²) in [7, 11) is 0. The summed E-state index contributed by atoms with van der Waals surface area (Å²) >= 11 is 6.14. The number of carbonyl (C=O) groups is 1. The first-order valence-corrected chi connectivity index (χ1v) is 8.01. The van der Waals surface area contributed by atoms with Crippen LogP contribution in [0.15, 0.2) is 42.5 Å². The van der Waals surface area contributed by atoms with Crippen LogP contribution in [0.25, 0.3) is 0 Å². The molecule has 0 aliphatic carbocycles. The van der Waals surface area contributed by atoms with Gasteiger partial charge in [-0.3, -0.25) is 4.79 Å². The van der Waals surface area contributed by atoms with E-state index in [4.69, 9.17) is 16.3 Å². The van der Waals surface area contributed by atoms with Crippen LogP contribution in [0.3, 0.4) is 0 Å². The molecule has 0 unspecified atom stereocenters. The van der Waals surface area contributed by atoms with Gasteiger partial charge in [0, 0.05) is 23.7 Å². The summed E-state index contributed by atoms with van der Waals surface area (Å²) in [6.45, 7) is 4.93. The van der Waals surface area contributed by atoms with Gasteiger partial charge in [-0.1, -0.05) is 29.3 Å². The van der Waals surface area contributed by atoms with Crippen LogP contribution in [-0.4, -0.2) is 32.2 Å². The minimum atomic E-state index is -0.123. The Bertz CT molecular complexity index is 695. The molecule has 3 rings (SSSR count). The summed E-state index contributed by atoms with van der Waals surface area (Å²) in [6, 6.07) is 13.0. The van der Waals surface area contributed by atoms with E-state index in [1.165, 1.54) is 0 Å². The number of anilines is 2. The molecule has 23 heavy (non-hydrogen) atoms. The lowest BCUT2D eigenvalue weighted by molar-refractivity contribution is 0.102. The highest BCUT2D eigenvalue weighted by atomic mass is 35.5. The molecule has 4 nitrogen and oxygen atoms in total. The summed E-state index contributed by atoms with van der Waals surface area (Å²) < 4.78 is 5.39. The molecule has 0 spiro atoms. The van der Waals surface area contributed by atoms with Gasteiger partial charge >= 0.3 is 0 Å². The zero-order chi connectivity index (χ0) is 16.2. The van der Waals surface area contributed by atoms with Gasteiger partial charge < -0.3 is 15.0 Å². The van der Waals surface area contributed by atoms with Gasteiger partial charge in [-0.05, 0) is 37.3 Å². The van der Waals surface area contributed by atoms with Gasteiger partial charge in [0.1, 0.15) is 0 Å². The van der Waals surface area contributed by atoms with E-state index in [1.807, 2.05) is 43.3 Å². The Morgan fingerprint density at radius 3 is 2.52 bits per heavy atom. The molecule has 1 amide bonds. The van der Waals surface area contributed by atoms with Crippen molar-refractivity contribution in [3.05, 3.63) is 58.6 Å². The Kier molecular flexibility index (Phi) is 4.84. The van der Waals surface area contributed by atoms with E-state index in [0.717, 1.165) is 30.0 Å². The second-order valence-electron chi connectivity index (χ2n) is 5.58. The molecule has 2 aromatic carbocycles. The monoisotopic (exact) mass is 330 g/mol. The predicted octanol–water partition coefficient (Wildman–Crippen LogP) is 3.74. The van der Waals surface area contributed by atoms with Gasteiger partial charge in [0.05, 0.1) is 24.6 Å². The summed E-state index contributed by atoms with van der Waals surface area (Å²) in [5.41, 5.74) is 3.46. The zero-order valence-electron chi connectivity index (χ0n) is 13.0. The molecule has 0 saturated carbocycles. The fraction of sp³-hybridized carbons (Fsp3) is 0.278. The van der Waals surface area contributed by atoms with Crippen molar-refractivity contribution >= 4 is 28.9 Å². The van der Waals surface area contributed by atoms with E-state index >= 15 is 0 Å². The summed E-state index contributed by atoms with van der Waals surface area (Å²) in [5, 5.41) is 3.64. The number of nitrogens with one attached hydrogen (secondary N) is 1. The minimum absolute atomic E-state index is 0.123. The molecule has 1 N–H and O–H groups in total. The lowest BCUT2D eigenvalue weighted by Gasteiger charge is -2.30. The van der Waals surface area contributed by atoms with Crippen molar-refractivity contribution < 1.29 is 9.53 Å². The van der Waals surface area contributed by atoms with E-state index in [2.05, 4.69) is 10.2 Å². The molecule has 1 heterocycles. The number of hydrogen-bond donors (Lipinski definition) is 1. The first kappa shape index (κ1) is 15.8. The number of morpholine rings is 1. The number of hydrogen-bond acceptors (Lipinski definition) is 3. The number of ether oxygens (including phenoxy) is 1. The normalized spacial score (nSPS) is 14.6. The molecule has 0 bridgehead atoms. The molecule has 2 aromatic rings. The number of benzene rings is 2. The maximum Gasteiger partial charge on any atom is 0.255 e. The average molecular weight is 331 g/mol. The van der Waals surface area contributed by atoms with Gasteiger partial charge in [-0.25, -0.2) is 0 Å². The van der Waals surface area contributed by atoms with Crippen LogP contribution in [-0.2, 0) is 4.74 Å². The van der Waals surface area contributed by atoms with Crippen molar-refractivity contribution in [2.75, 3.05) is 36.5 Å². The van der Waals surface area contributed by atoms with Crippen molar-refractivity contribution in [2.45, 2.75) is 6.92 Å². The summed E-state index contributed by atoms with van der Waals surface area (Å²) in [4.78, 5) is 14.6. The summed E-state index contributed by atoms with van der Waals surface area (Å²) in [5.74, 6) is -0.123. The highest BCUT2D eigenvalue weighted by Crippen LogP contribution is 2.30. The molecule has 1 aliphatic rings. The second-order valence-corrected chi connectivity index (χ2v) is 6.02. The van der Waals surface area contributed by atoms with E-state index < -0.39 is 0 Å². The van der Waals surface area contributed by atoms with Crippen LogP contribution in [0.2, 0.25) is 5.02 Å². The largest absolute Gasteiger partial charge is 0.378 e. The highest BCUT2D eigenvalue weighted by molar-refractivity contribution is 6.31. The lowest BCUT2D eigenvalue weighted by Crippen LogP contribution is -2.36. The Labute approximate surface area is 141 Å². The lowest BCUT2D eigenvalue weighted by atomic mass is 10.1. The molecule has 5 heteroatoms. The van der Waals surface area contributed by atoms with Gasteiger partial charge in [0.15, 0.2) is 0 Å². The first-order valence-electron chi connectivity index (χ1n) is 7.64. The van der Waals surface area contributed by atoms with Crippen molar-refractivity contribution in [3.8, 4) is 0 Å². The molecule has 1 fully saturated rings. The molecule has 1 saturated heterocycles. The second kappa shape index (κ2) is 7.02. The minimum Gasteiger partial charge on any atom is -0.378 e. The maximum absolute atomic E-state index is 12.5. The van der Waals surface area contributed by atoms with E-state index in [-0.39, 0.29) is 5.91 Å². The quantitative estimate of drug-likeness (QED) is 0.932. The summed E-state index contributed by atoms with van der Waals surface area (Å²) in [6.07, 6.45) is 0. The third-order valence-corrected chi connectivity index (χ3v) is 4.11. The van der Waals surface area contributed by atoms with Crippen molar-refractivity contribution in [3.63, 3.8) is 0 Å². The predicted molar refractivity (Wildman–Crippen MR) is 93.6 cm³/mol. The molecule has 0 aromatic heterocycles. The molecule has 0 radical (unpaired) electrons. The average Bonchev–Trinajstić information content (AvgIpc) is 2.58. The molecule has 0 atom stereocenters. The Balaban J connectivity index is 1.84. The Hall–Kier alpha value is -2.04. The van der Waals surface area contributed by atoms with Crippen LogP contribution in [0.4, 0.5) is 11.4 Å². The van der Waals surface area contributed by atoms with Gasteiger partial charge in [-0.2, -0.15) is 0 Å². The number of carbonyl (C=O) groups excluding carboxylic acids is 1. The number of rotatable bonds is 3. The van der Waals surface area contributed by atoms with Gasteiger partial charge in [0.25, 0.3) is 5.91 Å². The third kappa shape index (κ3) is 3.84. The number of amides is 1. The van der Waals surface area contributed by atoms with Crippen LogP contribution in [0.1, 0.15) is 15.9 Å². The topological polar surface area (TPSA) is 41.6 Å². The van der Waals surface area contributed by atoms with Crippen molar-refractivity contribution in [2.24, 2.45) is 0 Å². The van der Waals surface area contributed by atoms with Gasteiger partial charge in [-0.15, -0.1) is 0 Å². The first-order chi connectivity index (χ1) is 11.1. The molecular weight excluding hydrogens is 312 g/mol. The van der Waals surface area contributed by atoms with Crippen LogP contribution >= 0.6 is 11.6 Å².